The molecule has 0 aliphatic rings. The van der Waals surface area contributed by atoms with Gasteiger partial charge in [-0.1, -0.05) is 24.3 Å². The maximum atomic E-state index is 13.8. The second kappa shape index (κ2) is 4.52. The van der Waals surface area contributed by atoms with E-state index in [9.17, 15) is 8.78 Å². The van der Waals surface area contributed by atoms with Gasteiger partial charge >= 0.3 is 0 Å². The number of rotatable bonds is 1. The first-order valence-corrected chi connectivity index (χ1v) is 6.05. The molecular formula is C15H11F2N3. The average Bonchev–Trinajstić information content (AvgIpc) is 2.45. The molecule has 2 N–H and O–H groups in total. The largest absolute Gasteiger partial charge is 0.381 e. The minimum Gasteiger partial charge on any atom is -0.381 e. The molecule has 3 nitrogen and oxygen atoms in total. The number of halogens is 2. The van der Waals surface area contributed by atoms with Gasteiger partial charge in [0.2, 0.25) is 0 Å². The zero-order valence-corrected chi connectivity index (χ0v) is 10.7. The fraction of sp³-hybridized carbons (Fsp3) is 0.0667. The van der Waals surface area contributed by atoms with E-state index in [1.807, 2.05) is 0 Å². The summed E-state index contributed by atoms with van der Waals surface area (Å²) in [7, 11) is 0. The van der Waals surface area contributed by atoms with E-state index in [4.69, 9.17) is 5.73 Å². The number of aryl methyl sites for hydroxylation is 1. The van der Waals surface area contributed by atoms with Crippen LogP contribution in [0, 0.1) is 18.6 Å². The summed E-state index contributed by atoms with van der Waals surface area (Å²) in [6, 6.07) is 9.91. The molecule has 0 fully saturated rings. The highest BCUT2D eigenvalue weighted by Gasteiger charge is 2.13. The van der Waals surface area contributed by atoms with Gasteiger partial charge in [-0.3, -0.25) is 0 Å². The minimum absolute atomic E-state index is 0.168. The van der Waals surface area contributed by atoms with Crippen LogP contribution in [0.5, 0.6) is 0 Å². The molecule has 0 amide bonds. The first-order chi connectivity index (χ1) is 9.58. The molecule has 0 bridgehead atoms. The van der Waals surface area contributed by atoms with Gasteiger partial charge in [0.15, 0.2) is 17.5 Å². The second-order valence-corrected chi connectivity index (χ2v) is 4.47. The molecule has 0 aliphatic heterocycles. The third-order valence-electron chi connectivity index (χ3n) is 3.15. The van der Waals surface area contributed by atoms with Gasteiger partial charge in [-0.15, -0.1) is 0 Å². The Labute approximate surface area is 114 Å². The summed E-state index contributed by atoms with van der Waals surface area (Å²) in [4.78, 5) is 8.05. The number of nitrogens with two attached hydrogens (primary N) is 1. The molecule has 0 saturated carbocycles. The highest BCUT2D eigenvalue weighted by Crippen LogP contribution is 2.29. The summed E-state index contributed by atoms with van der Waals surface area (Å²) in [6.07, 6.45) is 0. The SMILES string of the molecule is Cc1nc(-c2ccc(F)c3ccccc23)nc(N)c1F. The number of nitrogens with zero attached hydrogens (tertiary/aromatic N) is 2. The van der Waals surface area contributed by atoms with E-state index in [1.54, 1.807) is 30.3 Å². The van der Waals surface area contributed by atoms with Crippen molar-refractivity contribution in [2.75, 3.05) is 5.73 Å². The summed E-state index contributed by atoms with van der Waals surface area (Å²) >= 11 is 0. The monoisotopic (exact) mass is 271 g/mol. The van der Waals surface area contributed by atoms with Crippen LogP contribution in [-0.4, -0.2) is 9.97 Å². The quantitative estimate of drug-likeness (QED) is 0.737. The Morgan fingerprint density at radius 1 is 0.950 bits per heavy atom. The zero-order valence-electron chi connectivity index (χ0n) is 10.7. The normalized spacial score (nSPS) is 10.9. The Kier molecular flexibility index (Phi) is 2.82. The van der Waals surface area contributed by atoms with Crippen molar-refractivity contribution in [1.82, 2.24) is 9.97 Å². The lowest BCUT2D eigenvalue weighted by Gasteiger charge is -2.08. The van der Waals surface area contributed by atoms with E-state index in [1.165, 1.54) is 13.0 Å². The standard InChI is InChI=1S/C15H11F2N3/c1-8-13(17)14(18)20-15(19-8)11-6-7-12(16)10-5-3-2-4-9(10)11/h2-7H,1H3,(H2,18,19,20). The van der Waals surface area contributed by atoms with Crippen LogP contribution in [0.2, 0.25) is 0 Å². The van der Waals surface area contributed by atoms with Crippen LogP contribution >= 0.6 is 0 Å². The molecule has 3 rings (SSSR count). The van der Waals surface area contributed by atoms with E-state index in [0.717, 1.165) is 0 Å². The smallest absolute Gasteiger partial charge is 0.186 e. The summed E-state index contributed by atoms with van der Waals surface area (Å²) in [5.74, 6) is -0.866. The molecule has 3 aromatic rings. The van der Waals surface area contributed by atoms with E-state index in [-0.39, 0.29) is 23.2 Å². The topological polar surface area (TPSA) is 51.8 Å². The van der Waals surface area contributed by atoms with E-state index < -0.39 is 5.82 Å². The van der Waals surface area contributed by atoms with Crippen molar-refractivity contribution in [1.29, 1.82) is 0 Å². The van der Waals surface area contributed by atoms with E-state index >= 15 is 0 Å². The number of nitrogen functional groups attached to an aromatic ring is 1. The molecule has 100 valence electrons. The van der Waals surface area contributed by atoms with Gasteiger partial charge in [-0.2, -0.15) is 0 Å². The third-order valence-corrected chi connectivity index (χ3v) is 3.15. The lowest BCUT2D eigenvalue weighted by molar-refractivity contribution is 0.608. The van der Waals surface area contributed by atoms with Crippen LogP contribution in [0.25, 0.3) is 22.2 Å². The molecule has 0 atom stereocenters. The van der Waals surface area contributed by atoms with Crippen LogP contribution < -0.4 is 5.73 Å². The van der Waals surface area contributed by atoms with Crippen molar-refractivity contribution in [2.24, 2.45) is 0 Å². The van der Waals surface area contributed by atoms with Gasteiger partial charge in [0, 0.05) is 10.9 Å². The van der Waals surface area contributed by atoms with Gasteiger partial charge in [-0.05, 0) is 24.4 Å². The maximum Gasteiger partial charge on any atom is 0.186 e. The molecule has 20 heavy (non-hydrogen) atoms. The van der Waals surface area contributed by atoms with Gasteiger partial charge in [-0.25, -0.2) is 18.7 Å². The van der Waals surface area contributed by atoms with Crippen LogP contribution in [0.4, 0.5) is 14.6 Å². The van der Waals surface area contributed by atoms with E-state index in [0.29, 0.717) is 16.3 Å². The first kappa shape index (κ1) is 12.5. The Balaban J connectivity index is 2.33. The number of aromatic nitrogens is 2. The van der Waals surface area contributed by atoms with Crippen LogP contribution in [0.15, 0.2) is 36.4 Å². The summed E-state index contributed by atoms with van der Waals surface area (Å²) in [5, 5.41) is 1.13. The van der Waals surface area contributed by atoms with Crippen LogP contribution in [0.1, 0.15) is 5.69 Å². The van der Waals surface area contributed by atoms with Crippen molar-refractivity contribution in [3.8, 4) is 11.4 Å². The second-order valence-electron chi connectivity index (χ2n) is 4.47. The lowest BCUT2D eigenvalue weighted by atomic mass is 10.0. The Morgan fingerprint density at radius 2 is 1.65 bits per heavy atom. The molecule has 0 unspecified atom stereocenters. The third kappa shape index (κ3) is 1.87. The van der Waals surface area contributed by atoms with Crippen molar-refractivity contribution in [3.05, 3.63) is 53.7 Å². The fourth-order valence-electron chi connectivity index (χ4n) is 2.16. The number of benzene rings is 2. The van der Waals surface area contributed by atoms with Crippen molar-refractivity contribution < 1.29 is 8.78 Å². The first-order valence-electron chi connectivity index (χ1n) is 6.05. The Morgan fingerprint density at radius 3 is 2.35 bits per heavy atom. The van der Waals surface area contributed by atoms with Crippen molar-refractivity contribution in [2.45, 2.75) is 6.92 Å². The highest BCUT2D eigenvalue weighted by atomic mass is 19.1. The molecule has 5 heteroatoms. The van der Waals surface area contributed by atoms with Crippen LogP contribution in [0.3, 0.4) is 0 Å². The minimum atomic E-state index is -0.625. The summed E-state index contributed by atoms with van der Waals surface area (Å²) < 4.78 is 27.3. The van der Waals surface area contributed by atoms with Crippen LogP contribution in [-0.2, 0) is 0 Å². The maximum absolute atomic E-state index is 13.8. The lowest BCUT2D eigenvalue weighted by Crippen LogP contribution is -2.03. The number of anilines is 1. The highest BCUT2D eigenvalue weighted by molar-refractivity contribution is 5.95. The zero-order chi connectivity index (χ0) is 14.3. The van der Waals surface area contributed by atoms with E-state index in [2.05, 4.69) is 9.97 Å². The Hall–Kier alpha value is -2.56. The van der Waals surface area contributed by atoms with Crippen molar-refractivity contribution >= 4 is 16.6 Å². The fourth-order valence-corrected chi connectivity index (χ4v) is 2.16. The molecule has 0 aliphatic carbocycles. The average molecular weight is 271 g/mol. The molecule has 1 aromatic heterocycles. The van der Waals surface area contributed by atoms with Gasteiger partial charge in [0.1, 0.15) is 5.82 Å². The van der Waals surface area contributed by atoms with Gasteiger partial charge in [0.05, 0.1) is 5.69 Å². The number of hydrogen-bond donors (Lipinski definition) is 1. The molecule has 2 aromatic carbocycles. The molecule has 0 saturated heterocycles. The molecular weight excluding hydrogens is 260 g/mol. The summed E-state index contributed by atoms with van der Waals surface area (Å²) in [6.45, 7) is 1.52. The van der Waals surface area contributed by atoms with Crippen molar-refractivity contribution in [3.63, 3.8) is 0 Å². The predicted molar refractivity (Wildman–Crippen MR) is 74.0 cm³/mol. The predicted octanol–water partition coefficient (Wildman–Crippen LogP) is 3.47. The summed E-state index contributed by atoms with van der Waals surface area (Å²) in [5.41, 5.74) is 6.32. The van der Waals surface area contributed by atoms with Gasteiger partial charge < -0.3 is 5.73 Å². The van der Waals surface area contributed by atoms with Gasteiger partial charge in [0.25, 0.3) is 0 Å². The number of hydrogen-bond acceptors (Lipinski definition) is 3. The Bertz CT molecular complexity index is 792. The molecule has 0 spiro atoms. The molecule has 1 heterocycles. The number of fused-ring (bicyclic) bond motifs is 1. The molecule has 0 radical (unpaired) electrons.